The molecule has 2 aromatic rings. The molecule has 3 nitrogen and oxygen atoms in total. The lowest BCUT2D eigenvalue weighted by atomic mass is 10.0. The Morgan fingerprint density at radius 3 is 2.94 bits per heavy atom. The van der Waals surface area contributed by atoms with Gasteiger partial charge in [-0.25, -0.2) is 4.39 Å². The van der Waals surface area contributed by atoms with Gasteiger partial charge in [0.1, 0.15) is 5.82 Å². The minimum atomic E-state index is -0.177. The van der Waals surface area contributed by atoms with Crippen molar-refractivity contribution < 1.29 is 4.39 Å². The van der Waals surface area contributed by atoms with Gasteiger partial charge in [-0.1, -0.05) is 0 Å². The second-order valence-corrected chi connectivity index (χ2v) is 5.13. The first kappa shape index (κ1) is 11.7. The van der Waals surface area contributed by atoms with Gasteiger partial charge in [0.15, 0.2) is 0 Å². The number of nitrogens with one attached hydrogen (secondary N) is 1. The van der Waals surface area contributed by atoms with Crippen LogP contribution in [0.2, 0.25) is 0 Å². The Morgan fingerprint density at radius 2 is 2.17 bits per heavy atom. The maximum Gasteiger partial charge on any atom is 0.125 e. The summed E-state index contributed by atoms with van der Waals surface area (Å²) >= 11 is 0. The highest BCUT2D eigenvalue weighted by Gasteiger charge is 2.21. The molecule has 0 saturated carbocycles. The average molecular weight is 247 g/mol. The maximum absolute atomic E-state index is 13.3. The summed E-state index contributed by atoms with van der Waals surface area (Å²) in [4.78, 5) is 2.32. The van der Waals surface area contributed by atoms with Crippen LogP contribution in [0.5, 0.6) is 0 Å². The molecule has 18 heavy (non-hydrogen) atoms. The van der Waals surface area contributed by atoms with Gasteiger partial charge in [0, 0.05) is 44.3 Å². The lowest BCUT2D eigenvalue weighted by Gasteiger charge is -2.30. The molecule has 0 bridgehead atoms. The normalized spacial score (nSPS) is 21.6. The van der Waals surface area contributed by atoms with Crippen LogP contribution in [0, 0.1) is 5.82 Å². The van der Waals surface area contributed by atoms with Crippen LogP contribution in [0.3, 0.4) is 0 Å². The molecule has 1 aliphatic rings. The largest absolute Gasteiger partial charge is 0.350 e. The van der Waals surface area contributed by atoms with E-state index in [0.29, 0.717) is 6.04 Å². The molecule has 1 atom stereocenters. The van der Waals surface area contributed by atoms with E-state index in [4.69, 9.17) is 0 Å². The van der Waals surface area contributed by atoms with E-state index in [2.05, 4.69) is 23.5 Å². The number of nitrogens with zero attached hydrogens (tertiary/aromatic N) is 2. The molecule has 1 N–H and O–H groups in total. The molecule has 2 heterocycles. The summed E-state index contributed by atoms with van der Waals surface area (Å²) < 4.78 is 15.3. The molecular weight excluding hydrogens is 229 g/mol. The zero-order valence-electron chi connectivity index (χ0n) is 10.8. The van der Waals surface area contributed by atoms with Crippen LogP contribution in [0.25, 0.3) is 10.9 Å². The minimum absolute atomic E-state index is 0.177. The molecule has 1 aromatic heterocycles. The number of aromatic nitrogens is 1. The summed E-state index contributed by atoms with van der Waals surface area (Å²) in [5.41, 5.74) is 2.22. The number of rotatable bonds is 1. The van der Waals surface area contributed by atoms with E-state index in [9.17, 15) is 4.39 Å². The van der Waals surface area contributed by atoms with Gasteiger partial charge < -0.3 is 14.8 Å². The predicted molar refractivity (Wildman–Crippen MR) is 71.1 cm³/mol. The number of hydrogen-bond donors (Lipinski definition) is 1. The average Bonchev–Trinajstić information content (AvgIpc) is 2.67. The number of fused-ring (bicyclic) bond motifs is 1. The molecule has 1 saturated heterocycles. The van der Waals surface area contributed by atoms with Crippen molar-refractivity contribution in [1.82, 2.24) is 14.8 Å². The Bertz CT molecular complexity index is 576. The Labute approximate surface area is 106 Å². The van der Waals surface area contributed by atoms with E-state index in [1.807, 2.05) is 17.7 Å². The summed E-state index contributed by atoms with van der Waals surface area (Å²) in [6, 6.07) is 5.36. The van der Waals surface area contributed by atoms with Gasteiger partial charge in [0.05, 0.1) is 5.52 Å². The van der Waals surface area contributed by atoms with Gasteiger partial charge in [-0.2, -0.15) is 0 Å². The van der Waals surface area contributed by atoms with Crippen LogP contribution in [0.4, 0.5) is 4.39 Å². The van der Waals surface area contributed by atoms with Crippen molar-refractivity contribution in [3.8, 4) is 0 Å². The van der Waals surface area contributed by atoms with Gasteiger partial charge >= 0.3 is 0 Å². The van der Waals surface area contributed by atoms with Crippen LogP contribution in [0.1, 0.15) is 11.6 Å². The smallest absolute Gasteiger partial charge is 0.125 e. The molecule has 4 heteroatoms. The molecule has 1 fully saturated rings. The number of piperazine rings is 1. The zero-order chi connectivity index (χ0) is 12.7. The predicted octanol–water partition coefficient (Wildman–Crippen LogP) is 1.89. The minimum Gasteiger partial charge on any atom is -0.350 e. The van der Waals surface area contributed by atoms with Crippen LogP contribution in [-0.4, -0.2) is 36.1 Å². The summed E-state index contributed by atoms with van der Waals surface area (Å²) in [6.45, 7) is 3.07. The van der Waals surface area contributed by atoms with Crippen molar-refractivity contribution in [3.63, 3.8) is 0 Å². The van der Waals surface area contributed by atoms with Crippen LogP contribution >= 0.6 is 0 Å². The Morgan fingerprint density at radius 1 is 1.33 bits per heavy atom. The molecule has 0 amide bonds. The molecule has 0 aliphatic carbocycles. The first-order valence-electron chi connectivity index (χ1n) is 6.31. The van der Waals surface area contributed by atoms with Gasteiger partial charge in [0.2, 0.25) is 0 Å². The van der Waals surface area contributed by atoms with Gasteiger partial charge in [-0.3, -0.25) is 0 Å². The molecule has 96 valence electrons. The van der Waals surface area contributed by atoms with E-state index >= 15 is 0 Å². The highest BCUT2D eigenvalue weighted by atomic mass is 19.1. The van der Waals surface area contributed by atoms with Gasteiger partial charge in [-0.05, 0) is 30.8 Å². The van der Waals surface area contributed by atoms with Crippen molar-refractivity contribution in [2.24, 2.45) is 7.05 Å². The third kappa shape index (κ3) is 1.91. The van der Waals surface area contributed by atoms with Crippen molar-refractivity contribution >= 4 is 10.9 Å². The fourth-order valence-corrected chi connectivity index (χ4v) is 2.77. The van der Waals surface area contributed by atoms with Gasteiger partial charge in [-0.15, -0.1) is 0 Å². The lowest BCUT2D eigenvalue weighted by molar-refractivity contribution is 0.241. The molecule has 1 aromatic carbocycles. The van der Waals surface area contributed by atoms with E-state index in [1.165, 1.54) is 5.56 Å². The van der Waals surface area contributed by atoms with Crippen molar-refractivity contribution in [3.05, 3.63) is 35.8 Å². The first-order chi connectivity index (χ1) is 8.65. The fraction of sp³-hybridized carbons (Fsp3) is 0.429. The second kappa shape index (κ2) is 4.37. The standard InChI is InChI=1S/C14H18FN3/c1-17-6-5-16-13(9-17)12-8-18(2)14-7-10(15)3-4-11(12)14/h3-4,7-8,13,16H,5-6,9H2,1-2H3. The Kier molecular flexibility index (Phi) is 2.84. The number of benzene rings is 1. The monoisotopic (exact) mass is 247 g/mol. The van der Waals surface area contributed by atoms with Crippen LogP contribution in [0.15, 0.2) is 24.4 Å². The summed E-state index contributed by atoms with van der Waals surface area (Å²) in [7, 11) is 4.11. The zero-order valence-corrected chi connectivity index (χ0v) is 10.8. The first-order valence-corrected chi connectivity index (χ1v) is 6.31. The molecular formula is C14H18FN3. The van der Waals surface area contributed by atoms with Crippen molar-refractivity contribution in [2.45, 2.75) is 6.04 Å². The molecule has 0 radical (unpaired) electrons. The summed E-state index contributed by atoms with van der Waals surface area (Å²) in [6.07, 6.45) is 2.11. The van der Waals surface area contributed by atoms with Crippen LogP contribution in [-0.2, 0) is 7.05 Å². The summed E-state index contributed by atoms with van der Waals surface area (Å²) in [5, 5.41) is 4.68. The lowest BCUT2D eigenvalue weighted by Crippen LogP contribution is -2.43. The van der Waals surface area contributed by atoms with E-state index < -0.39 is 0 Å². The number of halogens is 1. The van der Waals surface area contributed by atoms with Crippen LogP contribution < -0.4 is 5.32 Å². The maximum atomic E-state index is 13.3. The Hall–Kier alpha value is -1.39. The van der Waals surface area contributed by atoms with E-state index in [0.717, 1.165) is 30.5 Å². The number of aryl methyl sites for hydroxylation is 1. The van der Waals surface area contributed by atoms with Gasteiger partial charge in [0.25, 0.3) is 0 Å². The van der Waals surface area contributed by atoms with E-state index in [1.54, 1.807) is 12.1 Å². The Balaban J connectivity index is 2.06. The molecule has 0 spiro atoms. The molecule has 1 aliphatic heterocycles. The quantitative estimate of drug-likeness (QED) is 0.830. The van der Waals surface area contributed by atoms with E-state index in [-0.39, 0.29) is 5.82 Å². The fourth-order valence-electron chi connectivity index (χ4n) is 2.77. The third-order valence-corrected chi connectivity index (χ3v) is 3.74. The topological polar surface area (TPSA) is 20.2 Å². The van der Waals surface area contributed by atoms with Crippen molar-refractivity contribution in [1.29, 1.82) is 0 Å². The molecule has 1 unspecified atom stereocenters. The SMILES string of the molecule is CN1CCNC(c2cn(C)c3cc(F)ccc23)C1. The molecule has 3 rings (SSSR count). The second-order valence-electron chi connectivity index (χ2n) is 5.13. The van der Waals surface area contributed by atoms with Crippen molar-refractivity contribution in [2.75, 3.05) is 26.7 Å². The third-order valence-electron chi connectivity index (χ3n) is 3.74. The highest BCUT2D eigenvalue weighted by molar-refractivity contribution is 5.84. The number of likely N-dealkylation sites (N-methyl/N-ethyl adjacent to an activating group) is 1. The number of hydrogen-bond acceptors (Lipinski definition) is 2. The highest BCUT2D eigenvalue weighted by Crippen LogP contribution is 2.28. The summed E-state index contributed by atoms with van der Waals surface area (Å²) in [5.74, 6) is -0.177.